The average molecular weight is 388 g/mol. The molecule has 0 aliphatic rings. The van der Waals surface area contributed by atoms with E-state index in [9.17, 15) is 13.0 Å². The fourth-order valence-corrected chi connectivity index (χ4v) is 3.22. The van der Waals surface area contributed by atoms with Crippen LogP contribution in [0.1, 0.15) is 0 Å². The fraction of sp³-hybridized carbons (Fsp3) is 0. The Bertz CT molecular complexity index is 1060. The minimum Gasteiger partial charge on any atom is -0.282 e. The summed E-state index contributed by atoms with van der Waals surface area (Å²) in [6.45, 7) is 0. The van der Waals surface area contributed by atoms with Crippen LogP contribution in [0.25, 0.3) is 16.5 Å². The van der Waals surface area contributed by atoms with Crippen molar-refractivity contribution in [3.05, 3.63) is 35.1 Å². The second-order valence-corrected chi connectivity index (χ2v) is 7.01. The molecule has 0 saturated carbocycles. The van der Waals surface area contributed by atoms with Crippen molar-refractivity contribution in [2.45, 2.75) is 9.79 Å². The maximum Gasteiger partial charge on any atom is 0.294 e. The Morgan fingerprint density at radius 3 is 2.71 bits per heavy atom. The van der Waals surface area contributed by atoms with Gasteiger partial charge in [-0.2, -0.15) is 13.6 Å². The lowest BCUT2D eigenvalue weighted by molar-refractivity contribution is -0.432. The zero-order chi connectivity index (χ0) is 17.3. The van der Waals surface area contributed by atoms with Crippen LogP contribution in [0.15, 0.2) is 40.1 Å². The van der Waals surface area contributed by atoms with Gasteiger partial charge in [-0.1, -0.05) is 21.4 Å². The number of aromatic nitrogens is 4. The highest BCUT2D eigenvalue weighted by atomic mass is 32.2. The Kier molecular flexibility index (Phi) is 4.64. The number of benzene rings is 2. The quantitative estimate of drug-likeness (QED) is 0.196. The molecule has 0 radical (unpaired) electrons. The van der Waals surface area contributed by atoms with Crippen LogP contribution >= 0.6 is 24.3 Å². The van der Waals surface area contributed by atoms with Crippen molar-refractivity contribution >= 4 is 45.2 Å². The summed E-state index contributed by atoms with van der Waals surface area (Å²) < 4.78 is 38.2. The van der Waals surface area contributed by atoms with Crippen LogP contribution in [-0.2, 0) is 19.5 Å². The third-order valence-corrected chi connectivity index (χ3v) is 4.72. The van der Waals surface area contributed by atoms with Gasteiger partial charge in [0, 0.05) is 10.3 Å². The molecule has 0 fully saturated rings. The van der Waals surface area contributed by atoms with Crippen molar-refractivity contribution in [2.24, 2.45) is 0 Å². The molecule has 0 unspecified atom stereocenters. The monoisotopic (exact) mass is 388 g/mol. The number of rotatable bonds is 5. The predicted octanol–water partition coefficient (Wildman–Crippen LogP) is 2.15. The number of aromatic amines is 1. The van der Waals surface area contributed by atoms with Gasteiger partial charge < -0.3 is 0 Å². The topological polar surface area (TPSA) is 140 Å². The van der Waals surface area contributed by atoms with Gasteiger partial charge in [0.2, 0.25) is 4.77 Å². The van der Waals surface area contributed by atoms with E-state index in [1.54, 1.807) is 18.2 Å². The SMILES string of the molecule is O=S(=O)(O)c1cc(-n2[nH]nnc2=S)c2ccc(SOOO)cc2c1. The Balaban J connectivity index is 2.29. The van der Waals surface area contributed by atoms with E-state index in [2.05, 4.69) is 24.9 Å². The molecule has 3 N–H and O–H groups in total. The zero-order valence-corrected chi connectivity index (χ0v) is 13.9. The third kappa shape index (κ3) is 3.32. The van der Waals surface area contributed by atoms with Crippen LogP contribution < -0.4 is 0 Å². The van der Waals surface area contributed by atoms with Gasteiger partial charge >= 0.3 is 0 Å². The molecule has 2 aromatic carbocycles. The molecule has 3 aromatic rings. The molecule has 126 valence electrons. The van der Waals surface area contributed by atoms with Gasteiger partial charge in [-0.15, -0.1) is 4.33 Å². The molecule has 0 bridgehead atoms. The summed E-state index contributed by atoms with van der Waals surface area (Å²) in [5.41, 5.74) is 0.339. The van der Waals surface area contributed by atoms with Gasteiger partial charge in [0.05, 0.1) is 22.6 Å². The lowest BCUT2D eigenvalue weighted by atomic mass is 10.1. The molecule has 1 aromatic heterocycles. The lowest BCUT2D eigenvalue weighted by Crippen LogP contribution is -2.03. The Hall–Kier alpha value is -1.87. The third-order valence-electron chi connectivity index (χ3n) is 3.05. The van der Waals surface area contributed by atoms with E-state index >= 15 is 0 Å². The van der Waals surface area contributed by atoms with E-state index in [1.165, 1.54) is 16.8 Å². The second kappa shape index (κ2) is 6.56. The summed E-state index contributed by atoms with van der Waals surface area (Å²) in [5.74, 6) is 0. The van der Waals surface area contributed by atoms with Crippen LogP contribution in [0.4, 0.5) is 0 Å². The van der Waals surface area contributed by atoms with E-state index in [4.69, 9.17) is 17.5 Å². The molecular formula is C11H8N4O6S3. The Morgan fingerprint density at radius 1 is 1.29 bits per heavy atom. The normalized spacial score (nSPS) is 11.9. The summed E-state index contributed by atoms with van der Waals surface area (Å²) in [6, 6.07) is 7.42. The van der Waals surface area contributed by atoms with Crippen molar-refractivity contribution in [3.63, 3.8) is 0 Å². The van der Waals surface area contributed by atoms with Crippen molar-refractivity contribution < 1.29 is 27.6 Å². The van der Waals surface area contributed by atoms with Crippen molar-refractivity contribution in [3.8, 4) is 5.69 Å². The summed E-state index contributed by atoms with van der Waals surface area (Å²) in [4.78, 5) is 0.185. The lowest BCUT2D eigenvalue weighted by Gasteiger charge is -2.10. The largest absolute Gasteiger partial charge is 0.294 e. The van der Waals surface area contributed by atoms with Crippen LogP contribution in [0.5, 0.6) is 0 Å². The molecule has 0 aliphatic carbocycles. The maximum absolute atomic E-state index is 11.5. The Labute approximate surface area is 143 Å². The standard InChI is InChI=1S/C11H8N4O6S3/c16-20-21-23-7-1-2-9-6(3-7)4-8(24(17,18)19)5-10(9)15-11(22)12-13-14-15/h1-5,16H,(H,12,14,22)(H,17,18,19). The average Bonchev–Trinajstić information content (AvgIpc) is 2.96. The number of fused-ring (bicyclic) bond motifs is 1. The molecule has 13 heteroatoms. The van der Waals surface area contributed by atoms with Crippen molar-refractivity contribution in [1.29, 1.82) is 0 Å². The van der Waals surface area contributed by atoms with E-state index in [1.807, 2.05) is 0 Å². The molecule has 10 nitrogen and oxygen atoms in total. The second-order valence-electron chi connectivity index (χ2n) is 4.44. The zero-order valence-electron chi connectivity index (χ0n) is 11.5. The van der Waals surface area contributed by atoms with E-state index in [0.717, 1.165) is 0 Å². The number of nitrogens with zero attached hydrogens (tertiary/aromatic N) is 3. The highest BCUT2D eigenvalue weighted by Gasteiger charge is 2.16. The van der Waals surface area contributed by atoms with E-state index < -0.39 is 10.1 Å². The van der Waals surface area contributed by atoms with Crippen molar-refractivity contribution in [1.82, 2.24) is 20.2 Å². The van der Waals surface area contributed by atoms with Gasteiger partial charge in [0.1, 0.15) is 0 Å². The predicted molar refractivity (Wildman–Crippen MR) is 84.5 cm³/mol. The first-order valence-corrected chi connectivity index (χ1v) is 8.69. The molecule has 24 heavy (non-hydrogen) atoms. The van der Waals surface area contributed by atoms with E-state index in [0.29, 0.717) is 33.4 Å². The first-order chi connectivity index (χ1) is 11.4. The molecule has 0 atom stereocenters. The summed E-state index contributed by atoms with van der Waals surface area (Å²) in [7, 11) is -4.46. The number of hydrogen-bond acceptors (Lipinski definition) is 9. The first kappa shape index (κ1) is 17.0. The molecule has 0 aliphatic heterocycles. The van der Waals surface area contributed by atoms with Gasteiger partial charge in [-0.3, -0.25) is 4.55 Å². The summed E-state index contributed by atoms with van der Waals surface area (Å²) in [5, 5.41) is 22.5. The highest BCUT2D eigenvalue weighted by Crippen LogP contribution is 2.30. The highest BCUT2D eigenvalue weighted by molar-refractivity contribution is 7.94. The van der Waals surface area contributed by atoms with Crippen molar-refractivity contribution in [2.75, 3.05) is 0 Å². The molecule has 0 spiro atoms. The summed E-state index contributed by atoms with van der Waals surface area (Å²) >= 11 is 5.74. The fourth-order valence-electron chi connectivity index (χ4n) is 2.10. The number of tetrazole rings is 1. The molecule has 1 heterocycles. The van der Waals surface area contributed by atoms with E-state index in [-0.39, 0.29) is 9.67 Å². The van der Waals surface area contributed by atoms with Crippen LogP contribution in [0.2, 0.25) is 0 Å². The first-order valence-electron chi connectivity index (χ1n) is 6.10. The van der Waals surface area contributed by atoms with Gasteiger partial charge in [-0.25, -0.2) is 9.94 Å². The number of nitrogens with one attached hydrogen (secondary N) is 1. The molecule has 0 saturated heterocycles. The van der Waals surface area contributed by atoms with Crippen LogP contribution in [0, 0.1) is 4.77 Å². The van der Waals surface area contributed by atoms with Crippen LogP contribution in [-0.4, -0.2) is 38.4 Å². The Morgan fingerprint density at radius 2 is 2.08 bits per heavy atom. The minimum atomic E-state index is -4.46. The van der Waals surface area contributed by atoms with Gasteiger partial charge in [-0.05, 0) is 41.9 Å². The molecule has 0 amide bonds. The summed E-state index contributed by atoms with van der Waals surface area (Å²) in [6.07, 6.45) is 0. The van der Waals surface area contributed by atoms with Gasteiger partial charge in [0.25, 0.3) is 10.1 Å². The van der Waals surface area contributed by atoms with Crippen LogP contribution in [0.3, 0.4) is 0 Å². The maximum atomic E-state index is 11.5. The van der Waals surface area contributed by atoms with Gasteiger partial charge in [0.15, 0.2) is 0 Å². The molecule has 3 rings (SSSR count). The minimum absolute atomic E-state index is 0.0826. The smallest absolute Gasteiger partial charge is 0.282 e. The molecular weight excluding hydrogens is 380 g/mol. The number of hydrogen-bond donors (Lipinski definition) is 3. The number of H-pyrrole nitrogens is 1.